The summed E-state index contributed by atoms with van der Waals surface area (Å²) in [6.07, 6.45) is 1.72. The summed E-state index contributed by atoms with van der Waals surface area (Å²) in [5.74, 6) is -0.721. The molecule has 0 heterocycles. The van der Waals surface area contributed by atoms with Crippen LogP contribution in [0.2, 0.25) is 0 Å². The minimum Gasteiger partial charge on any atom is -0.481 e. The van der Waals surface area contributed by atoms with Gasteiger partial charge in [-0.3, -0.25) is 4.79 Å². The van der Waals surface area contributed by atoms with E-state index in [9.17, 15) is 4.79 Å². The van der Waals surface area contributed by atoms with Gasteiger partial charge >= 0.3 is 5.97 Å². The van der Waals surface area contributed by atoms with E-state index in [0.717, 1.165) is 12.8 Å². The Morgan fingerprint density at radius 2 is 2.31 bits per heavy atom. The van der Waals surface area contributed by atoms with Crippen LogP contribution in [0, 0.1) is 11.8 Å². The fourth-order valence-corrected chi connectivity index (χ4v) is 1.46. The Labute approximate surface area is 78.0 Å². The lowest BCUT2D eigenvalue weighted by Crippen LogP contribution is -2.49. The summed E-state index contributed by atoms with van der Waals surface area (Å²) in [5, 5.41) is 20.7. The van der Waals surface area contributed by atoms with E-state index in [1.54, 1.807) is 0 Å². The zero-order chi connectivity index (χ0) is 9.84. The molecule has 3 unspecified atom stereocenters. The van der Waals surface area contributed by atoms with Crippen molar-refractivity contribution in [1.29, 1.82) is 0 Å². The second kappa shape index (κ2) is 4.58. The highest BCUT2D eigenvalue weighted by Gasteiger charge is 2.36. The molecule has 0 aromatic heterocycles. The van der Waals surface area contributed by atoms with Gasteiger partial charge in [0.15, 0.2) is 0 Å². The molecule has 1 aliphatic carbocycles. The van der Waals surface area contributed by atoms with E-state index in [4.69, 9.17) is 10.2 Å². The second-order valence-electron chi connectivity index (χ2n) is 3.82. The third-order valence-corrected chi connectivity index (χ3v) is 2.63. The van der Waals surface area contributed by atoms with Crippen molar-refractivity contribution in [1.82, 2.24) is 5.32 Å². The van der Waals surface area contributed by atoms with Crippen molar-refractivity contribution in [2.45, 2.75) is 25.8 Å². The van der Waals surface area contributed by atoms with Crippen LogP contribution in [-0.4, -0.2) is 35.4 Å². The third kappa shape index (κ3) is 2.67. The van der Waals surface area contributed by atoms with Gasteiger partial charge < -0.3 is 15.5 Å². The van der Waals surface area contributed by atoms with Gasteiger partial charge in [-0.15, -0.1) is 0 Å². The van der Waals surface area contributed by atoms with Crippen LogP contribution >= 0.6 is 0 Å². The Kier molecular flexibility index (Phi) is 3.69. The number of aliphatic hydroxyl groups is 1. The second-order valence-corrected chi connectivity index (χ2v) is 3.82. The lowest BCUT2D eigenvalue weighted by molar-refractivity contribution is -0.146. The number of hydrogen-bond acceptors (Lipinski definition) is 3. The molecule has 0 amide bonds. The average molecular weight is 187 g/mol. The van der Waals surface area contributed by atoms with Gasteiger partial charge in [-0.2, -0.15) is 0 Å². The highest BCUT2D eigenvalue weighted by molar-refractivity contribution is 5.72. The number of aliphatic hydroxyl groups excluding tert-OH is 1. The minimum atomic E-state index is -0.708. The van der Waals surface area contributed by atoms with Crippen LogP contribution in [0.4, 0.5) is 0 Å². The first-order chi connectivity index (χ1) is 6.15. The van der Waals surface area contributed by atoms with Gasteiger partial charge in [0, 0.05) is 19.2 Å². The van der Waals surface area contributed by atoms with E-state index in [1.165, 1.54) is 0 Å². The van der Waals surface area contributed by atoms with E-state index in [0.29, 0.717) is 6.54 Å². The average Bonchev–Trinajstić information content (AvgIpc) is 2.01. The summed E-state index contributed by atoms with van der Waals surface area (Å²) in [7, 11) is 0. The molecule has 0 aromatic carbocycles. The SMILES string of the molecule is CC(CO)CNC1CCC1C(=O)O. The molecule has 4 heteroatoms. The number of carboxylic acids is 1. The topological polar surface area (TPSA) is 69.6 Å². The van der Waals surface area contributed by atoms with Crippen LogP contribution in [0.5, 0.6) is 0 Å². The predicted molar refractivity (Wildman–Crippen MR) is 48.4 cm³/mol. The molecular weight excluding hydrogens is 170 g/mol. The molecule has 13 heavy (non-hydrogen) atoms. The van der Waals surface area contributed by atoms with Gasteiger partial charge in [0.25, 0.3) is 0 Å². The Morgan fingerprint density at radius 3 is 2.69 bits per heavy atom. The van der Waals surface area contributed by atoms with Gasteiger partial charge in [0.2, 0.25) is 0 Å². The number of aliphatic carboxylic acids is 1. The molecule has 0 radical (unpaired) electrons. The van der Waals surface area contributed by atoms with Gasteiger partial charge in [-0.05, 0) is 18.8 Å². The number of carboxylic acid groups (broad SMARTS) is 1. The van der Waals surface area contributed by atoms with Gasteiger partial charge in [-0.1, -0.05) is 6.92 Å². The fourth-order valence-electron chi connectivity index (χ4n) is 1.46. The van der Waals surface area contributed by atoms with Crippen molar-refractivity contribution in [3.63, 3.8) is 0 Å². The lowest BCUT2D eigenvalue weighted by atomic mass is 9.79. The van der Waals surface area contributed by atoms with Crippen LogP contribution in [-0.2, 0) is 4.79 Å². The Balaban J connectivity index is 2.19. The monoisotopic (exact) mass is 187 g/mol. The third-order valence-electron chi connectivity index (χ3n) is 2.63. The standard InChI is InChI=1S/C9H17NO3/c1-6(5-11)4-10-8-3-2-7(8)9(12)13/h6-8,10-11H,2-5H2,1H3,(H,12,13). The molecule has 1 fully saturated rings. The van der Waals surface area contributed by atoms with Crippen LogP contribution in [0.3, 0.4) is 0 Å². The summed E-state index contributed by atoms with van der Waals surface area (Å²) >= 11 is 0. The largest absolute Gasteiger partial charge is 0.481 e. The number of carbonyl (C=O) groups is 1. The first-order valence-corrected chi connectivity index (χ1v) is 4.72. The van der Waals surface area contributed by atoms with Crippen molar-refractivity contribution in [2.75, 3.05) is 13.2 Å². The van der Waals surface area contributed by atoms with E-state index < -0.39 is 5.97 Å². The van der Waals surface area contributed by atoms with Gasteiger partial charge in [0.05, 0.1) is 5.92 Å². The quantitative estimate of drug-likeness (QED) is 0.569. The van der Waals surface area contributed by atoms with Crippen molar-refractivity contribution < 1.29 is 15.0 Å². The maximum Gasteiger partial charge on any atom is 0.308 e. The van der Waals surface area contributed by atoms with E-state index in [1.807, 2.05) is 6.92 Å². The molecule has 76 valence electrons. The molecule has 0 bridgehead atoms. The maximum atomic E-state index is 10.6. The molecular formula is C9H17NO3. The lowest BCUT2D eigenvalue weighted by Gasteiger charge is -2.34. The summed E-state index contributed by atoms with van der Waals surface area (Å²) in [5.41, 5.74) is 0. The normalized spacial score (nSPS) is 29.4. The van der Waals surface area contributed by atoms with E-state index >= 15 is 0 Å². The molecule has 1 saturated carbocycles. The highest BCUT2D eigenvalue weighted by Crippen LogP contribution is 2.27. The predicted octanol–water partition coefficient (Wildman–Crippen LogP) is 0.0676. The Hall–Kier alpha value is -0.610. The molecule has 0 aliphatic heterocycles. The number of rotatable bonds is 5. The maximum absolute atomic E-state index is 10.6. The van der Waals surface area contributed by atoms with E-state index in [-0.39, 0.29) is 24.5 Å². The Morgan fingerprint density at radius 1 is 1.62 bits per heavy atom. The zero-order valence-corrected chi connectivity index (χ0v) is 7.86. The molecule has 0 aromatic rings. The van der Waals surface area contributed by atoms with Crippen LogP contribution in [0.25, 0.3) is 0 Å². The number of nitrogens with one attached hydrogen (secondary N) is 1. The molecule has 1 rings (SSSR count). The summed E-state index contributed by atoms with van der Waals surface area (Å²) < 4.78 is 0. The van der Waals surface area contributed by atoms with Crippen molar-refractivity contribution in [2.24, 2.45) is 11.8 Å². The molecule has 1 aliphatic rings. The van der Waals surface area contributed by atoms with Crippen molar-refractivity contribution >= 4 is 5.97 Å². The molecule has 0 spiro atoms. The first-order valence-electron chi connectivity index (χ1n) is 4.72. The molecule has 0 saturated heterocycles. The van der Waals surface area contributed by atoms with Gasteiger partial charge in [-0.25, -0.2) is 0 Å². The summed E-state index contributed by atoms with van der Waals surface area (Å²) in [4.78, 5) is 10.6. The summed E-state index contributed by atoms with van der Waals surface area (Å²) in [6, 6.07) is 0.117. The fraction of sp³-hybridized carbons (Fsp3) is 0.889. The zero-order valence-electron chi connectivity index (χ0n) is 7.86. The van der Waals surface area contributed by atoms with Crippen molar-refractivity contribution in [3.05, 3.63) is 0 Å². The van der Waals surface area contributed by atoms with Crippen LogP contribution in [0.1, 0.15) is 19.8 Å². The molecule has 3 N–H and O–H groups in total. The molecule has 4 nitrogen and oxygen atoms in total. The molecule has 3 atom stereocenters. The number of hydrogen-bond donors (Lipinski definition) is 3. The first kappa shape index (κ1) is 10.5. The van der Waals surface area contributed by atoms with E-state index in [2.05, 4.69) is 5.32 Å². The Bertz CT molecular complexity index is 184. The van der Waals surface area contributed by atoms with Crippen molar-refractivity contribution in [3.8, 4) is 0 Å². The van der Waals surface area contributed by atoms with Gasteiger partial charge in [0.1, 0.15) is 0 Å². The smallest absolute Gasteiger partial charge is 0.308 e. The minimum absolute atomic E-state index is 0.117. The van der Waals surface area contributed by atoms with Crippen LogP contribution in [0.15, 0.2) is 0 Å². The highest BCUT2D eigenvalue weighted by atomic mass is 16.4. The summed E-state index contributed by atoms with van der Waals surface area (Å²) in [6.45, 7) is 2.78. The van der Waals surface area contributed by atoms with Crippen LogP contribution < -0.4 is 5.32 Å².